The average Bonchev–Trinajstić information content (AvgIpc) is 2.90. The van der Waals surface area contributed by atoms with E-state index < -0.39 is 0 Å². The van der Waals surface area contributed by atoms with Gasteiger partial charge < -0.3 is 4.74 Å². The number of ether oxygens (including phenoxy) is 1. The van der Waals surface area contributed by atoms with E-state index in [4.69, 9.17) is 4.74 Å². The summed E-state index contributed by atoms with van der Waals surface area (Å²) in [5.74, 6) is 0. The van der Waals surface area contributed by atoms with Gasteiger partial charge in [0, 0.05) is 6.54 Å². The average molecular weight is 273 g/mol. The highest BCUT2D eigenvalue weighted by Gasteiger charge is 2.22. The molecule has 2 aliphatic rings. The first kappa shape index (κ1) is 14.1. The van der Waals surface area contributed by atoms with Gasteiger partial charge in [0.05, 0.1) is 13.2 Å². The third-order valence-corrected chi connectivity index (χ3v) is 4.66. The lowest BCUT2D eigenvalue weighted by molar-refractivity contribution is 0.109. The zero-order valence-corrected chi connectivity index (χ0v) is 13.2. The number of benzene rings is 1. The summed E-state index contributed by atoms with van der Waals surface area (Å²) in [6.07, 6.45) is 3.79. The van der Waals surface area contributed by atoms with Crippen LogP contribution in [0, 0.1) is 0 Å². The van der Waals surface area contributed by atoms with Crippen molar-refractivity contribution in [1.82, 2.24) is 4.90 Å². The van der Waals surface area contributed by atoms with E-state index in [1.807, 2.05) is 0 Å². The topological polar surface area (TPSA) is 12.5 Å². The van der Waals surface area contributed by atoms with Crippen LogP contribution in [0.3, 0.4) is 0 Å². The highest BCUT2D eigenvalue weighted by Crippen LogP contribution is 2.31. The maximum atomic E-state index is 5.71. The lowest BCUT2D eigenvalue weighted by Gasteiger charge is -2.28. The first-order valence-electron chi connectivity index (χ1n) is 7.99. The summed E-state index contributed by atoms with van der Waals surface area (Å²) in [5, 5.41) is 0. The van der Waals surface area contributed by atoms with Gasteiger partial charge in [-0.25, -0.2) is 0 Å². The van der Waals surface area contributed by atoms with E-state index in [1.54, 1.807) is 0 Å². The highest BCUT2D eigenvalue weighted by molar-refractivity contribution is 5.42. The third-order valence-electron chi connectivity index (χ3n) is 4.66. The van der Waals surface area contributed by atoms with Crippen LogP contribution in [0.5, 0.6) is 0 Å². The van der Waals surface area contributed by atoms with Crippen LogP contribution in [-0.2, 0) is 29.7 Å². The van der Waals surface area contributed by atoms with E-state index in [9.17, 15) is 0 Å². The molecule has 0 aliphatic carbocycles. The molecule has 0 spiro atoms. The summed E-state index contributed by atoms with van der Waals surface area (Å²) in [5.41, 5.74) is 6.21. The molecule has 0 N–H and O–H groups in total. The largest absolute Gasteiger partial charge is 0.376 e. The van der Waals surface area contributed by atoms with Crippen molar-refractivity contribution in [1.29, 1.82) is 0 Å². The number of nitrogens with zero attached hydrogens (tertiary/aromatic N) is 1. The molecule has 1 aromatic rings. The van der Waals surface area contributed by atoms with Crippen molar-refractivity contribution in [2.75, 3.05) is 19.7 Å². The monoisotopic (exact) mass is 273 g/mol. The molecule has 2 heteroatoms. The van der Waals surface area contributed by atoms with E-state index in [0.717, 1.165) is 26.2 Å². The van der Waals surface area contributed by atoms with Crippen LogP contribution in [0.15, 0.2) is 12.1 Å². The van der Waals surface area contributed by atoms with Crippen molar-refractivity contribution in [3.63, 3.8) is 0 Å². The quantitative estimate of drug-likeness (QED) is 0.815. The summed E-state index contributed by atoms with van der Waals surface area (Å²) in [4.78, 5) is 2.59. The minimum absolute atomic E-state index is 0.229. The molecular formula is C18H27NO. The molecule has 1 aromatic carbocycles. The number of likely N-dealkylation sites (tertiary alicyclic amines) is 1. The molecule has 0 unspecified atom stereocenters. The van der Waals surface area contributed by atoms with Gasteiger partial charge in [-0.05, 0) is 60.0 Å². The maximum Gasteiger partial charge on any atom is 0.0722 e. The van der Waals surface area contributed by atoms with Gasteiger partial charge in [-0.1, -0.05) is 32.9 Å². The lowest BCUT2D eigenvalue weighted by Crippen LogP contribution is -2.23. The number of rotatable bonds is 2. The molecule has 2 nitrogen and oxygen atoms in total. The van der Waals surface area contributed by atoms with Gasteiger partial charge in [-0.15, -0.1) is 0 Å². The Hall–Kier alpha value is -0.860. The van der Waals surface area contributed by atoms with Crippen LogP contribution in [0.1, 0.15) is 55.9 Å². The number of hydrogen-bond acceptors (Lipinski definition) is 2. The molecule has 110 valence electrons. The first-order chi connectivity index (χ1) is 9.54. The molecule has 0 amide bonds. The highest BCUT2D eigenvalue weighted by atomic mass is 16.5. The molecule has 0 bridgehead atoms. The Balaban J connectivity index is 1.96. The molecule has 0 aromatic heterocycles. The van der Waals surface area contributed by atoms with E-state index in [-0.39, 0.29) is 5.41 Å². The molecule has 0 radical (unpaired) electrons. The molecule has 2 aliphatic heterocycles. The minimum atomic E-state index is 0.229. The molecule has 1 saturated heterocycles. The fourth-order valence-corrected chi connectivity index (χ4v) is 3.32. The van der Waals surface area contributed by atoms with Gasteiger partial charge in [0.15, 0.2) is 0 Å². The van der Waals surface area contributed by atoms with Gasteiger partial charge in [-0.2, -0.15) is 0 Å². The van der Waals surface area contributed by atoms with Gasteiger partial charge >= 0.3 is 0 Å². The van der Waals surface area contributed by atoms with Crippen molar-refractivity contribution in [3.05, 3.63) is 34.4 Å². The lowest BCUT2D eigenvalue weighted by atomic mass is 9.82. The molecule has 0 atom stereocenters. The molecular weight excluding hydrogens is 246 g/mol. The fraction of sp³-hybridized carbons (Fsp3) is 0.667. The SMILES string of the molecule is CC(C)(C)c1cc2c(c(CN3CCCC3)c1)COCC2. The van der Waals surface area contributed by atoms with Crippen LogP contribution in [-0.4, -0.2) is 24.6 Å². The second-order valence-corrected chi connectivity index (χ2v) is 7.31. The smallest absolute Gasteiger partial charge is 0.0722 e. The maximum absolute atomic E-state index is 5.71. The fourth-order valence-electron chi connectivity index (χ4n) is 3.32. The number of fused-ring (bicyclic) bond motifs is 1. The summed E-state index contributed by atoms with van der Waals surface area (Å²) >= 11 is 0. The summed E-state index contributed by atoms with van der Waals surface area (Å²) in [6.45, 7) is 12.3. The number of hydrogen-bond donors (Lipinski definition) is 0. The van der Waals surface area contributed by atoms with Crippen molar-refractivity contribution >= 4 is 0 Å². The predicted molar refractivity (Wildman–Crippen MR) is 83.0 cm³/mol. The zero-order valence-electron chi connectivity index (χ0n) is 13.2. The second kappa shape index (κ2) is 5.50. The van der Waals surface area contributed by atoms with Crippen LogP contribution < -0.4 is 0 Å². The normalized spacial score (nSPS) is 20.1. The van der Waals surface area contributed by atoms with Crippen LogP contribution in [0.25, 0.3) is 0 Å². The summed E-state index contributed by atoms with van der Waals surface area (Å²) < 4.78 is 5.71. The Morgan fingerprint density at radius 3 is 2.60 bits per heavy atom. The summed E-state index contributed by atoms with van der Waals surface area (Å²) in [6, 6.07) is 4.86. The van der Waals surface area contributed by atoms with Crippen LogP contribution in [0.2, 0.25) is 0 Å². The zero-order chi connectivity index (χ0) is 14.2. The Morgan fingerprint density at radius 1 is 1.15 bits per heavy atom. The Kier molecular flexibility index (Phi) is 3.87. The van der Waals surface area contributed by atoms with Crippen LogP contribution in [0.4, 0.5) is 0 Å². The molecule has 2 heterocycles. The van der Waals surface area contributed by atoms with Crippen molar-refractivity contribution in [2.45, 2.75) is 58.6 Å². The Bertz CT molecular complexity index is 481. The van der Waals surface area contributed by atoms with Gasteiger partial charge in [0.1, 0.15) is 0 Å². The van der Waals surface area contributed by atoms with Gasteiger partial charge in [0.2, 0.25) is 0 Å². The Morgan fingerprint density at radius 2 is 1.90 bits per heavy atom. The predicted octanol–water partition coefficient (Wildman–Crippen LogP) is 3.65. The molecule has 20 heavy (non-hydrogen) atoms. The minimum Gasteiger partial charge on any atom is -0.376 e. The van der Waals surface area contributed by atoms with Gasteiger partial charge in [-0.3, -0.25) is 4.90 Å². The standard InChI is InChI=1S/C18H27NO/c1-18(2,3)16-10-14-6-9-20-13-17(14)15(11-16)12-19-7-4-5-8-19/h10-11H,4-9,12-13H2,1-3H3. The van der Waals surface area contributed by atoms with E-state index in [1.165, 1.54) is 48.2 Å². The summed E-state index contributed by atoms with van der Waals surface area (Å²) in [7, 11) is 0. The van der Waals surface area contributed by atoms with Crippen molar-refractivity contribution in [2.24, 2.45) is 0 Å². The van der Waals surface area contributed by atoms with Crippen LogP contribution >= 0.6 is 0 Å². The second-order valence-electron chi connectivity index (χ2n) is 7.31. The van der Waals surface area contributed by atoms with Gasteiger partial charge in [0.25, 0.3) is 0 Å². The van der Waals surface area contributed by atoms with Crippen molar-refractivity contribution in [3.8, 4) is 0 Å². The molecule has 1 fully saturated rings. The Labute approximate surface area is 123 Å². The first-order valence-corrected chi connectivity index (χ1v) is 7.99. The molecule has 0 saturated carbocycles. The van der Waals surface area contributed by atoms with E-state index in [2.05, 4.69) is 37.8 Å². The third kappa shape index (κ3) is 2.91. The van der Waals surface area contributed by atoms with E-state index >= 15 is 0 Å². The van der Waals surface area contributed by atoms with Crippen molar-refractivity contribution < 1.29 is 4.74 Å². The molecule has 3 rings (SSSR count). The van der Waals surface area contributed by atoms with E-state index in [0.29, 0.717) is 0 Å².